The first-order chi connectivity index (χ1) is 11.5. The van der Waals surface area contributed by atoms with Gasteiger partial charge in [-0.25, -0.2) is 4.98 Å². The summed E-state index contributed by atoms with van der Waals surface area (Å²) in [5, 5.41) is 0. The van der Waals surface area contributed by atoms with Crippen molar-refractivity contribution in [3.8, 4) is 0 Å². The van der Waals surface area contributed by atoms with Crippen molar-refractivity contribution in [1.29, 1.82) is 0 Å². The van der Waals surface area contributed by atoms with Crippen LogP contribution in [0.3, 0.4) is 0 Å². The second-order valence-electron chi connectivity index (χ2n) is 7.41. The predicted molar refractivity (Wildman–Crippen MR) is 91.6 cm³/mol. The van der Waals surface area contributed by atoms with E-state index in [2.05, 4.69) is 16.9 Å². The fourth-order valence-corrected chi connectivity index (χ4v) is 4.04. The minimum Gasteiger partial charge on any atom is -0.342 e. The smallest absolute Gasteiger partial charge is 0.289 e. The lowest BCUT2D eigenvalue weighted by molar-refractivity contribution is -0.139. The predicted octanol–water partition coefficient (Wildman–Crippen LogP) is 2.36. The third-order valence-corrected chi connectivity index (χ3v) is 5.38. The van der Waals surface area contributed by atoms with Crippen molar-refractivity contribution in [1.82, 2.24) is 19.8 Å². The summed E-state index contributed by atoms with van der Waals surface area (Å²) in [6.45, 7) is 7.22. The topological polar surface area (TPSA) is 69.3 Å². The SMILES string of the molecule is CCCCN1CC2(CCCN(C(=O)c3ncc(C)[nH]3)C2)CCC1=O. The van der Waals surface area contributed by atoms with Gasteiger partial charge in [-0.15, -0.1) is 0 Å². The molecular formula is C18H28N4O2. The van der Waals surface area contributed by atoms with Gasteiger partial charge in [0.25, 0.3) is 5.91 Å². The van der Waals surface area contributed by atoms with Gasteiger partial charge in [0.15, 0.2) is 5.82 Å². The van der Waals surface area contributed by atoms with Crippen molar-refractivity contribution in [3.63, 3.8) is 0 Å². The van der Waals surface area contributed by atoms with Crippen LogP contribution in [0.4, 0.5) is 0 Å². The zero-order valence-electron chi connectivity index (χ0n) is 14.8. The number of nitrogens with one attached hydrogen (secondary N) is 1. The summed E-state index contributed by atoms with van der Waals surface area (Å²) in [4.78, 5) is 36.1. The molecule has 2 fully saturated rings. The Labute approximate surface area is 143 Å². The lowest BCUT2D eigenvalue weighted by Crippen LogP contribution is -2.55. The van der Waals surface area contributed by atoms with Gasteiger partial charge in [-0.05, 0) is 32.6 Å². The Balaban J connectivity index is 1.69. The van der Waals surface area contributed by atoms with Gasteiger partial charge in [-0.3, -0.25) is 9.59 Å². The standard InChI is InChI=1S/C18H28N4O2/c1-3-4-9-21-12-18(8-6-15(21)23)7-5-10-22(13-18)17(24)16-19-11-14(2)20-16/h11H,3-10,12-13H2,1-2H3,(H,19,20). The van der Waals surface area contributed by atoms with Crippen molar-refractivity contribution < 1.29 is 9.59 Å². The normalized spacial score (nSPS) is 24.7. The molecule has 3 rings (SSSR count). The summed E-state index contributed by atoms with van der Waals surface area (Å²) < 4.78 is 0. The highest BCUT2D eigenvalue weighted by molar-refractivity contribution is 5.90. The van der Waals surface area contributed by atoms with E-state index in [9.17, 15) is 9.59 Å². The molecule has 1 unspecified atom stereocenters. The number of aromatic amines is 1. The van der Waals surface area contributed by atoms with E-state index < -0.39 is 0 Å². The van der Waals surface area contributed by atoms with Gasteiger partial charge < -0.3 is 14.8 Å². The number of aryl methyl sites for hydroxylation is 1. The van der Waals surface area contributed by atoms with Gasteiger partial charge in [0.1, 0.15) is 0 Å². The van der Waals surface area contributed by atoms with Crippen molar-refractivity contribution in [2.24, 2.45) is 5.41 Å². The van der Waals surface area contributed by atoms with E-state index in [0.717, 1.165) is 64.0 Å². The first kappa shape index (κ1) is 17.0. The number of likely N-dealkylation sites (tertiary alicyclic amines) is 2. The lowest BCUT2D eigenvalue weighted by atomic mass is 9.73. The van der Waals surface area contributed by atoms with Crippen LogP contribution >= 0.6 is 0 Å². The first-order valence-electron chi connectivity index (χ1n) is 9.12. The van der Waals surface area contributed by atoms with Gasteiger partial charge in [-0.1, -0.05) is 13.3 Å². The number of H-pyrrole nitrogens is 1. The summed E-state index contributed by atoms with van der Waals surface area (Å²) in [6.07, 6.45) is 7.46. The highest BCUT2D eigenvalue weighted by atomic mass is 16.2. The Morgan fingerprint density at radius 3 is 2.92 bits per heavy atom. The quantitative estimate of drug-likeness (QED) is 0.920. The number of unbranched alkanes of at least 4 members (excludes halogenated alkanes) is 1. The van der Waals surface area contributed by atoms with E-state index in [-0.39, 0.29) is 17.2 Å². The number of hydrogen-bond acceptors (Lipinski definition) is 3. The van der Waals surface area contributed by atoms with Crippen LogP contribution in [0, 0.1) is 12.3 Å². The number of aromatic nitrogens is 2. The molecule has 6 heteroatoms. The van der Waals surface area contributed by atoms with Crippen molar-refractivity contribution in [2.45, 2.75) is 52.4 Å². The molecular weight excluding hydrogens is 304 g/mol. The van der Waals surface area contributed by atoms with E-state index >= 15 is 0 Å². The molecule has 2 saturated heterocycles. The molecule has 24 heavy (non-hydrogen) atoms. The van der Waals surface area contributed by atoms with Gasteiger partial charge in [0, 0.05) is 49.9 Å². The minimum atomic E-state index is -0.0146. The van der Waals surface area contributed by atoms with E-state index in [0.29, 0.717) is 12.2 Å². The van der Waals surface area contributed by atoms with Crippen molar-refractivity contribution >= 4 is 11.8 Å². The molecule has 2 aliphatic heterocycles. The molecule has 0 saturated carbocycles. The molecule has 2 aliphatic rings. The molecule has 132 valence electrons. The summed E-state index contributed by atoms with van der Waals surface area (Å²) in [5.41, 5.74) is 0.969. The number of amides is 2. The van der Waals surface area contributed by atoms with Crippen LogP contribution in [0.15, 0.2) is 6.20 Å². The third kappa shape index (κ3) is 3.47. The van der Waals surface area contributed by atoms with Crippen molar-refractivity contribution in [2.75, 3.05) is 26.2 Å². The summed E-state index contributed by atoms with van der Waals surface area (Å²) in [7, 11) is 0. The second kappa shape index (κ2) is 6.95. The van der Waals surface area contributed by atoms with Crippen LogP contribution < -0.4 is 0 Å². The third-order valence-electron chi connectivity index (χ3n) is 5.38. The van der Waals surface area contributed by atoms with E-state index in [4.69, 9.17) is 0 Å². The van der Waals surface area contributed by atoms with Crippen LogP contribution in [0.5, 0.6) is 0 Å². The Kier molecular flexibility index (Phi) is 4.92. The number of carbonyl (C=O) groups is 2. The molecule has 1 aromatic heterocycles. The van der Waals surface area contributed by atoms with Crippen molar-refractivity contribution in [3.05, 3.63) is 17.7 Å². The van der Waals surface area contributed by atoms with Gasteiger partial charge >= 0.3 is 0 Å². The zero-order chi connectivity index (χ0) is 17.2. The number of carbonyl (C=O) groups excluding carboxylic acids is 2. The fourth-order valence-electron chi connectivity index (χ4n) is 4.04. The first-order valence-corrected chi connectivity index (χ1v) is 9.12. The molecule has 0 radical (unpaired) electrons. The number of imidazole rings is 1. The Bertz CT molecular complexity index is 612. The molecule has 1 aromatic rings. The van der Waals surface area contributed by atoms with Crippen LogP contribution in [0.25, 0.3) is 0 Å². The van der Waals surface area contributed by atoms with E-state index in [1.807, 2.05) is 16.7 Å². The Hall–Kier alpha value is -1.85. The molecule has 0 aromatic carbocycles. The number of hydrogen-bond donors (Lipinski definition) is 1. The second-order valence-corrected chi connectivity index (χ2v) is 7.41. The highest BCUT2D eigenvalue weighted by Gasteiger charge is 2.42. The molecule has 0 aliphatic carbocycles. The summed E-state index contributed by atoms with van der Waals surface area (Å²) >= 11 is 0. The molecule has 1 spiro atoms. The molecule has 1 atom stereocenters. The molecule has 3 heterocycles. The maximum absolute atomic E-state index is 12.7. The Morgan fingerprint density at radius 2 is 2.21 bits per heavy atom. The van der Waals surface area contributed by atoms with Crippen LogP contribution in [0.1, 0.15) is 61.8 Å². The number of nitrogens with zero attached hydrogens (tertiary/aromatic N) is 3. The van der Waals surface area contributed by atoms with Crippen LogP contribution in [0.2, 0.25) is 0 Å². The van der Waals surface area contributed by atoms with Crippen LogP contribution in [-0.4, -0.2) is 57.8 Å². The lowest BCUT2D eigenvalue weighted by Gasteiger charge is -2.48. The summed E-state index contributed by atoms with van der Waals surface area (Å²) in [5.74, 6) is 0.692. The largest absolute Gasteiger partial charge is 0.342 e. The zero-order valence-corrected chi connectivity index (χ0v) is 14.8. The van der Waals surface area contributed by atoms with Gasteiger partial charge in [0.05, 0.1) is 0 Å². The monoisotopic (exact) mass is 332 g/mol. The minimum absolute atomic E-state index is 0.0146. The van der Waals surface area contributed by atoms with Gasteiger partial charge in [0.2, 0.25) is 5.91 Å². The fraction of sp³-hybridized carbons (Fsp3) is 0.722. The maximum atomic E-state index is 12.7. The number of rotatable bonds is 4. The molecule has 2 amide bonds. The molecule has 1 N–H and O–H groups in total. The highest BCUT2D eigenvalue weighted by Crippen LogP contribution is 2.39. The average Bonchev–Trinajstić information content (AvgIpc) is 3.02. The maximum Gasteiger partial charge on any atom is 0.289 e. The van der Waals surface area contributed by atoms with E-state index in [1.165, 1.54) is 0 Å². The molecule has 0 bridgehead atoms. The van der Waals surface area contributed by atoms with Crippen LogP contribution in [-0.2, 0) is 4.79 Å². The summed E-state index contributed by atoms with van der Waals surface area (Å²) in [6, 6.07) is 0. The van der Waals surface area contributed by atoms with E-state index in [1.54, 1.807) is 6.20 Å². The van der Waals surface area contributed by atoms with Gasteiger partial charge in [-0.2, -0.15) is 0 Å². The molecule has 6 nitrogen and oxygen atoms in total. The average molecular weight is 332 g/mol. The Morgan fingerprint density at radius 1 is 1.38 bits per heavy atom. The number of piperidine rings is 2.